The highest BCUT2D eigenvalue weighted by molar-refractivity contribution is 5.98. The first-order valence-corrected chi connectivity index (χ1v) is 9.54. The van der Waals surface area contributed by atoms with Gasteiger partial charge in [0.05, 0.1) is 23.1 Å². The number of carbonyl (C=O) groups excluding carboxylic acids is 1. The third-order valence-corrected chi connectivity index (χ3v) is 5.18. The van der Waals surface area contributed by atoms with E-state index in [0.717, 1.165) is 41.5 Å². The molecule has 3 aromatic rings. The van der Waals surface area contributed by atoms with Crippen molar-refractivity contribution in [3.63, 3.8) is 0 Å². The number of aromatic nitrogens is 2. The predicted octanol–water partition coefficient (Wildman–Crippen LogP) is 3.15. The molecule has 1 saturated carbocycles. The van der Waals surface area contributed by atoms with Gasteiger partial charge in [0.1, 0.15) is 0 Å². The van der Waals surface area contributed by atoms with Crippen molar-refractivity contribution in [2.24, 2.45) is 11.5 Å². The summed E-state index contributed by atoms with van der Waals surface area (Å²) in [5.74, 6) is -0.581. The molecule has 28 heavy (non-hydrogen) atoms. The van der Waals surface area contributed by atoms with Crippen LogP contribution in [0.5, 0.6) is 0 Å². The van der Waals surface area contributed by atoms with Crippen LogP contribution in [0.15, 0.2) is 48.8 Å². The SMILES string of the molecule is NC(=O)c1ncc(N[C@@H]2CCCC[C@@H]2N)cc1Nc1ccc2cccnc2c1. The lowest BCUT2D eigenvalue weighted by Crippen LogP contribution is -2.42. The van der Waals surface area contributed by atoms with E-state index in [1.165, 1.54) is 6.42 Å². The average Bonchev–Trinajstić information content (AvgIpc) is 2.70. The minimum Gasteiger partial charge on any atom is -0.379 e. The number of benzene rings is 1. The Bertz CT molecular complexity index is 1010. The van der Waals surface area contributed by atoms with Crippen molar-refractivity contribution in [2.75, 3.05) is 10.6 Å². The minimum absolute atomic E-state index is 0.118. The van der Waals surface area contributed by atoms with Crippen LogP contribution >= 0.6 is 0 Å². The molecule has 6 N–H and O–H groups in total. The third-order valence-electron chi connectivity index (χ3n) is 5.18. The van der Waals surface area contributed by atoms with Gasteiger partial charge in [-0.05, 0) is 37.1 Å². The van der Waals surface area contributed by atoms with Crippen molar-refractivity contribution in [3.05, 3.63) is 54.5 Å². The number of carbonyl (C=O) groups is 1. The van der Waals surface area contributed by atoms with Crippen LogP contribution in [0.4, 0.5) is 17.1 Å². The number of hydrogen-bond donors (Lipinski definition) is 4. The topological polar surface area (TPSA) is 119 Å². The average molecular weight is 376 g/mol. The number of pyridine rings is 2. The number of nitrogens with one attached hydrogen (secondary N) is 2. The molecule has 2 atom stereocenters. The molecule has 4 rings (SSSR count). The van der Waals surface area contributed by atoms with Crippen LogP contribution in [0.3, 0.4) is 0 Å². The Labute approximate surface area is 163 Å². The lowest BCUT2D eigenvalue weighted by Gasteiger charge is -2.30. The molecule has 2 heterocycles. The standard InChI is InChI=1S/C21H24N6O/c22-16-5-1-2-6-17(16)27-15-11-19(20(21(23)28)25-12-15)26-14-8-7-13-4-3-9-24-18(13)10-14/h3-4,7-12,16-17,26-27H,1-2,5-6,22H2,(H2,23,28)/t16-,17+/m0/s1. The van der Waals surface area contributed by atoms with Crippen molar-refractivity contribution < 1.29 is 4.79 Å². The van der Waals surface area contributed by atoms with Crippen molar-refractivity contribution in [1.29, 1.82) is 0 Å². The van der Waals surface area contributed by atoms with Gasteiger partial charge in [0.2, 0.25) is 0 Å². The summed E-state index contributed by atoms with van der Waals surface area (Å²) >= 11 is 0. The summed E-state index contributed by atoms with van der Waals surface area (Å²) in [5, 5.41) is 7.77. The molecule has 0 bridgehead atoms. The largest absolute Gasteiger partial charge is 0.379 e. The molecule has 144 valence electrons. The smallest absolute Gasteiger partial charge is 0.269 e. The Kier molecular flexibility index (Phi) is 5.08. The number of amides is 1. The fourth-order valence-corrected chi connectivity index (χ4v) is 3.69. The molecule has 0 saturated heterocycles. The van der Waals surface area contributed by atoms with Crippen LogP contribution in [0, 0.1) is 0 Å². The van der Waals surface area contributed by atoms with Gasteiger partial charge in [-0.2, -0.15) is 0 Å². The molecule has 0 aliphatic heterocycles. The van der Waals surface area contributed by atoms with Crippen molar-refractivity contribution in [2.45, 2.75) is 37.8 Å². The van der Waals surface area contributed by atoms with Crippen molar-refractivity contribution in [3.8, 4) is 0 Å². The summed E-state index contributed by atoms with van der Waals surface area (Å²) in [6, 6.07) is 11.9. The molecule has 1 aliphatic rings. The summed E-state index contributed by atoms with van der Waals surface area (Å²) in [4.78, 5) is 20.5. The van der Waals surface area contributed by atoms with E-state index >= 15 is 0 Å². The Balaban J connectivity index is 1.62. The number of nitrogens with zero attached hydrogens (tertiary/aromatic N) is 2. The van der Waals surface area contributed by atoms with Gasteiger partial charge in [-0.3, -0.25) is 9.78 Å². The molecule has 0 unspecified atom stereocenters. The fraction of sp³-hybridized carbons (Fsp3) is 0.286. The number of fused-ring (bicyclic) bond motifs is 1. The molecule has 7 nitrogen and oxygen atoms in total. The second-order valence-electron chi connectivity index (χ2n) is 7.22. The first-order valence-electron chi connectivity index (χ1n) is 9.54. The maximum Gasteiger partial charge on any atom is 0.269 e. The summed E-state index contributed by atoms with van der Waals surface area (Å²) in [6.07, 6.45) is 7.75. The Morgan fingerprint density at radius 1 is 1.07 bits per heavy atom. The van der Waals surface area contributed by atoms with E-state index < -0.39 is 5.91 Å². The lowest BCUT2D eigenvalue weighted by molar-refractivity contribution is 0.0996. The van der Waals surface area contributed by atoms with Gasteiger partial charge in [-0.15, -0.1) is 0 Å². The maximum atomic E-state index is 11.8. The van der Waals surface area contributed by atoms with Crippen LogP contribution in [0.25, 0.3) is 10.9 Å². The first-order chi connectivity index (χ1) is 13.6. The van der Waals surface area contributed by atoms with Crippen LogP contribution in [-0.2, 0) is 0 Å². The quantitative estimate of drug-likeness (QED) is 0.543. The highest BCUT2D eigenvalue weighted by Crippen LogP contribution is 2.27. The van der Waals surface area contributed by atoms with Crippen LogP contribution in [0.2, 0.25) is 0 Å². The summed E-state index contributed by atoms with van der Waals surface area (Å²) < 4.78 is 0. The summed E-state index contributed by atoms with van der Waals surface area (Å²) in [7, 11) is 0. The number of anilines is 3. The zero-order valence-corrected chi connectivity index (χ0v) is 15.6. The monoisotopic (exact) mass is 376 g/mol. The zero-order chi connectivity index (χ0) is 19.5. The van der Waals surface area contributed by atoms with Gasteiger partial charge in [-0.1, -0.05) is 25.0 Å². The van der Waals surface area contributed by atoms with Gasteiger partial charge in [0, 0.05) is 29.4 Å². The molecule has 1 amide bonds. The van der Waals surface area contributed by atoms with E-state index in [-0.39, 0.29) is 17.8 Å². The Morgan fingerprint density at radius 3 is 2.75 bits per heavy atom. The summed E-state index contributed by atoms with van der Waals surface area (Å²) in [5.41, 5.74) is 15.0. The van der Waals surface area contributed by atoms with Crippen molar-refractivity contribution >= 4 is 33.9 Å². The van der Waals surface area contributed by atoms with E-state index in [1.54, 1.807) is 12.4 Å². The van der Waals surface area contributed by atoms with Gasteiger partial charge >= 0.3 is 0 Å². The predicted molar refractivity (Wildman–Crippen MR) is 112 cm³/mol. The second kappa shape index (κ2) is 7.82. The fourth-order valence-electron chi connectivity index (χ4n) is 3.69. The minimum atomic E-state index is -0.581. The highest BCUT2D eigenvalue weighted by atomic mass is 16.1. The Morgan fingerprint density at radius 2 is 1.93 bits per heavy atom. The van der Waals surface area contributed by atoms with E-state index in [1.807, 2.05) is 36.4 Å². The highest BCUT2D eigenvalue weighted by Gasteiger charge is 2.22. The van der Waals surface area contributed by atoms with E-state index in [0.29, 0.717) is 5.69 Å². The van der Waals surface area contributed by atoms with E-state index in [9.17, 15) is 4.79 Å². The second-order valence-corrected chi connectivity index (χ2v) is 7.22. The normalized spacial score (nSPS) is 19.3. The molecule has 1 aliphatic carbocycles. The van der Waals surface area contributed by atoms with E-state index in [2.05, 4.69) is 20.6 Å². The van der Waals surface area contributed by atoms with Gasteiger partial charge < -0.3 is 22.1 Å². The molecule has 0 radical (unpaired) electrons. The number of primary amides is 1. The third kappa shape index (κ3) is 3.89. The molecule has 0 spiro atoms. The first kappa shape index (κ1) is 18.2. The van der Waals surface area contributed by atoms with E-state index in [4.69, 9.17) is 11.5 Å². The van der Waals surface area contributed by atoms with Crippen LogP contribution < -0.4 is 22.1 Å². The molecule has 1 aromatic carbocycles. The van der Waals surface area contributed by atoms with Gasteiger partial charge in [0.25, 0.3) is 5.91 Å². The molecular formula is C21H24N6O. The van der Waals surface area contributed by atoms with Crippen LogP contribution in [0.1, 0.15) is 36.2 Å². The molecular weight excluding hydrogens is 352 g/mol. The maximum absolute atomic E-state index is 11.8. The van der Waals surface area contributed by atoms with Gasteiger partial charge in [-0.25, -0.2) is 4.98 Å². The number of rotatable bonds is 5. The number of hydrogen-bond acceptors (Lipinski definition) is 6. The number of nitrogens with two attached hydrogens (primary N) is 2. The van der Waals surface area contributed by atoms with Crippen molar-refractivity contribution in [1.82, 2.24) is 9.97 Å². The van der Waals surface area contributed by atoms with Gasteiger partial charge in [0.15, 0.2) is 5.69 Å². The summed E-state index contributed by atoms with van der Waals surface area (Å²) in [6.45, 7) is 0. The van der Waals surface area contributed by atoms with Crippen LogP contribution in [-0.4, -0.2) is 28.0 Å². The molecule has 7 heteroatoms. The Hall–Kier alpha value is -3.19. The molecule has 1 fully saturated rings. The lowest BCUT2D eigenvalue weighted by atomic mass is 9.91. The zero-order valence-electron chi connectivity index (χ0n) is 15.6. The molecule has 2 aromatic heterocycles.